The first-order valence-electron chi connectivity index (χ1n) is 6.42. The van der Waals surface area contributed by atoms with E-state index >= 15 is 0 Å². The zero-order valence-electron chi connectivity index (χ0n) is 11.9. The van der Waals surface area contributed by atoms with Gasteiger partial charge >= 0.3 is 0 Å². The molecule has 0 aliphatic rings. The van der Waals surface area contributed by atoms with E-state index in [4.69, 9.17) is 5.73 Å². The van der Waals surface area contributed by atoms with Crippen molar-refractivity contribution in [3.63, 3.8) is 0 Å². The first kappa shape index (κ1) is 16.0. The summed E-state index contributed by atoms with van der Waals surface area (Å²) in [6, 6.07) is 10.6. The molecule has 0 bridgehead atoms. The van der Waals surface area contributed by atoms with Crippen molar-refractivity contribution in [1.82, 2.24) is 0 Å². The van der Waals surface area contributed by atoms with E-state index in [0.29, 0.717) is 22.3 Å². The zero-order chi connectivity index (χ0) is 15.6. The highest BCUT2D eigenvalue weighted by Crippen LogP contribution is 2.27. The van der Waals surface area contributed by atoms with Crippen LogP contribution < -0.4 is 10.5 Å². The number of benzene rings is 2. The van der Waals surface area contributed by atoms with Crippen molar-refractivity contribution < 1.29 is 8.42 Å². The first-order chi connectivity index (χ1) is 9.85. The van der Waals surface area contributed by atoms with Gasteiger partial charge in [0.25, 0.3) is 10.0 Å². The minimum Gasteiger partial charge on any atom is -0.326 e. The predicted molar refractivity (Wildman–Crippen MR) is 88.8 cm³/mol. The maximum atomic E-state index is 12.6. The van der Waals surface area contributed by atoms with Crippen LogP contribution in [0.1, 0.15) is 16.7 Å². The molecular formula is C15H17BrN2O2S. The van der Waals surface area contributed by atoms with E-state index in [-0.39, 0.29) is 4.90 Å². The average Bonchev–Trinajstić information content (AvgIpc) is 2.42. The number of rotatable bonds is 4. The van der Waals surface area contributed by atoms with Crippen LogP contribution in [0.25, 0.3) is 0 Å². The molecule has 0 atom stereocenters. The standard InChI is InChI=1S/C15H17BrN2O2S/c1-10-6-7-14(13(16)8-10)18-21(19,20)15-5-3-4-12(9-17)11(15)2/h3-8,18H,9,17H2,1-2H3. The van der Waals surface area contributed by atoms with Gasteiger partial charge < -0.3 is 5.73 Å². The Hall–Kier alpha value is -1.37. The topological polar surface area (TPSA) is 72.2 Å². The second kappa shape index (κ2) is 6.17. The van der Waals surface area contributed by atoms with Crippen molar-refractivity contribution in [1.29, 1.82) is 0 Å². The Labute approximate surface area is 133 Å². The molecule has 0 aliphatic carbocycles. The zero-order valence-corrected chi connectivity index (χ0v) is 14.3. The van der Waals surface area contributed by atoms with E-state index < -0.39 is 10.0 Å². The molecule has 0 radical (unpaired) electrons. The van der Waals surface area contributed by atoms with Gasteiger partial charge in [-0.15, -0.1) is 0 Å². The fraction of sp³-hybridized carbons (Fsp3) is 0.200. The Bertz CT molecular complexity index is 773. The molecule has 21 heavy (non-hydrogen) atoms. The SMILES string of the molecule is Cc1ccc(NS(=O)(=O)c2cccc(CN)c2C)c(Br)c1. The normalized spacial score (nSPS) is 11.4. The third kappa shape index (κ3) is 3.45. The summed E-state index contributed by atoms with van der Waals surface area (Å²) in [5.41, 5.74) is 8.69. The summed E-state index contributed by atoms with van der Waals surface area (Å²) in [5.74, 6) is 0. The number of anilines is 1. The van der Waals surface area contributed by atoms with Gasteiger partial charge in [-0.2, -0.15) is 0 Å². The van der Waals surface area contributed by atoms with Gasteiger partial charge in [0.1, 0.15) is 0 Å². The number of hydrogen-bond acceptors (Lipinski definition) is 3. The number of halogens is 1. The van der Waals surface area contributed by atoms with Gasteiger partial charge in [0.2, 0.25) is 0 Å². The number of nitrogens with two attached hydrogens (primary N) is 1. The summed E-state index contributed by atoms with van der Waals surface area (Å²) < 4.78 is 28.4. The smallest absolute Gasteiger partial charge is 0.262 e. The van der Waals surface area contributed by atoms with E-state index in [1.807, 2.05) is 25.1 Å². The van der Waals surface area contributed by atoms with Crippen LogP contribution in [0.5, 0.6) is 0 Å². The third-order valence-electron chi connectivity index (χ3n) is 3.27. The van der Waals surface area contributed by atoms with Crippen molar-refractivity contribution >= 4 is 31.6 Å². The Balaban J connectivity index is 2.43. The van der Waals surface area contributed by atoms with E-state index in [1.54, 1.807) is 25.1 Å². The maximum Gasteiger partial charge on any atom is 0.262 e. The molecule has 6 heteroatoms. The molecule has 0 saturated heterocycles. The van der Waals surface area contributed by atoms with Crippen molar-refractivity contribution in [3.05, 3.63) is 57.6 Å². The van der Waals surface area contributed by atoms with Crippen LogP contribution in [0.2, 0.25) is 0 Å². The minimum absolute atomic E-state index is 0.248. The summed E-state index contributed by atoms with van der Waals surface area (Å²) in [5, 5.41) is 0. The molecule has 0 aliphatic heterocycles. The predicted octanol–water partition coefficient (Wildman–Crippen LogP) is 3.33. The lowest BCUT2D eigenvalue weighted by Crippen LogP contribution is -2.16. The van der Waals surface area contributed by atoms with Crippen molar-refractivity contribution in [2.45, 2.75) is 25.3 Å². The van der Waals surface area contributed by atoms with Crippen molar-refractivity contribution in [2.24, 2.45) is 5.73 Å². The van der Waals surface area contributed by atoms with E-state index in [9.17, 15) is 8.42 Å². The lowest BCUT2D eigenvalue weighted by molar-refractivity contribution is 0.600. The van der Waals surface area contributed by atoms with E-state index in [2.05, 4.69) is 20.7 Å². The summed E-state index contributed by atoms with van der Waals surface area (Å²) in [6.07, 6.45) is 0. The molecule has 0 amide bonds. The van der Waals surface area contributed by atoms with Gasteiger partial charge in [0.05, 0.1) is 10.6 Å². The highest BCUT2D eigenvalue weighted by atomic mass is 79.9. The van der Waals surface area contributed by atoms with Crippen LogP contribution in [0.3, 0.4) is 0 Å². The van der Waals surface area contributed by atoms with Crippen molar-refractivity contribution in [2.75, 3.05) is 4.72 Å². The summed E-state index contributed by atoms with van der Waals surface area (Å²) in [6.45, 7) is 4.02. The second-order valence-electron chi connectivity index (χ2n) is 4.83. The van der Waals surface area contributed by atoms with Gasteiger partial charge in [0.15, 0.2) is 0 Å². The fourth-order valence-electron chi connectivity index (χ4n) is 2.07. The summed E-state index contributed by atoms with van der Waals surface area (Å²) in [7, 11) is -3.65. The highest BCUT2D eigenvalue weighted by molar-refractivity contribution is 9.10. The fourth-order valence-corrected chi connectivity index (χ4v) is 4.17. The van der Waals surface area contributed by atoms with Gasteiger partial charge in [-0.25, -0.2) is 8.42 Å². The van der Waals surface area contributed by atoms with Crippen LogP contribution >= 0.6 is 15.9 Å². The molecule has 112 valence electrons. The monoisotopic (exact) mass is 368 g/mol. The van der Waals surface area contributed by atoms with Gasteiger partial charge in [0, 0.05) is 11.0 Å². The molecular weight excluding hydrogens is 352 g/mol. The molecule has 2 rings (SSSR count). The molecule has 2 aromatic carbocycles. The van der Waals surface area contributed by atoms with Crippen LogP contribution in [0.4, 0.5) is 5.69 Å². The van der Waals surface area contributed by atoms with Crippen LogP contribution in [0, 0.1) is 13.8 Å². The molecule has 2 aromatic rings. The van der Waals surface area contributed by atoms with Crippen LogP contribution in [-0.4, -0.2) is 8.42 Å². The lowest BCUT2D eigenvalue weighted by Gasteiger charge is -2.14. The molecule has 3 N–H and O–H groups in total. The molecule has 0 spiro atoms. The van der Waals surface area contributed by atoms with Gasteiger partial charge in [-0.3, -0.25) is 4.72 Å². The third-order valence-corrected chi connectivity index (χ3v) is 5.44. The van der Waals surface area contributed by atoms with Gasteiger partial charge in [-0.1, -0.05) is 18.2 Å². The summed E-state index contributed by atoms with van der Waals surface area (Å²) >= 11 is 3.37. The molecule has 0 saturated carbocycles. The largest absolute Gasteiger partial charge is 0.326 e. The van der Waals surface area contributed by atoms with E-state index in [0.717, 1.165) is 11.1 Å². The molecule has 0 heterocycles. The Morgan fingerprint density at radius 2 is 1.90 bits per heavy atom. The van der Waals surface area contributed by atoms with Crippen LogP contribution in [0.15, 0.2) is 45.8 Å². The quantitative estimate of drug-likeness (QED) is 0.869. The molecule has 0 unspecified atom stereocenters. The Morgan fingerprint density at radius 3 is 2.52 bits per heavy atom. The minimum atomic E-state index is -3.65. The number of hydrogen-bond donors (Lipinski definition) is 2. The molecule has 0 fully saturated rings. The Kier molecular flexibility index (Phi) is 4.70. The Morgan fingerprint density at radius 1 is 1.19 bits per heavy atom. The molecule has 0 aromatic heterocycles. The number of nitrogens with one attached hydrogen (secondary N) is 1. The maximum absolute atomic E-state index is 12.6. The lowest BCUT2D eigenvalue weighted by atomic mass is 10.1. The summed E-state index contributed by atoms with van der Waals surface area (Å²) in [4.78, 5) is 0.248. The average molecular weight is 369 g/mol. The second-order valence-corrected chi connectivity index (χ2v) is 7.34. The number of sulfonamides is 1. The van der Waals surface area contributed by atoms with E-state index in [1.165, 1.54) is 0 Å². The highest BCUT2D eigenvalue weighted by Gasteiger charge is 2.19. The van der Waals surface area contributed by atoms with Crippen LogP contribution in [-0.2, 0) is 16.6 Å². The molecule has 4 nitrogen and oxygen atoms in total. The van der Waals surface area contributed by atoms with Gasteiger partial charge in [-0.05, 0) is 64.7 Å². The number of aryl methyl sites for hydroxylation is 1. The first-order valence-corrected chi connectivity index (χ1v) is 8.70. The van der Waals surface area contributed by atoms with Crippen molar-refractivity contribution in [3.8, 4) is 0 Å².